The van der Waals surface area contributed by atoms with Crippen LogP contribution in [0.2, 0.25) is 0 Å². The number of para-hydroxylation sites is 1. The van der Waals surface area contributed by atoms with Gasteiger partial charge in [-0.3, -0.25) is 4.68 Å². The van der Waals surface area contributed by atoms with Crippen LogP contribution in [0.25, 0.3) is 10.9 Å². The lowest BCUT2D eigenvalue weighted by Gasteiger charge is -2.10. The molecule has 0 aliphatic carbocycles. The average molecular weight is 282 g/mol. The molecule has 5 nitrogen and oxygen atoms in total. The molecule has 0 fully saturated rings. The maximum absolute atomic E-state index is 9.41. The number of hydrogen-bond donors (Lipinski definition) is 2. The lowest BCUT2D eigenvalue weighted by Crippen LogP contribution is -2.31. The maximum atomic E-state index is 9.41. The summed E-state index contributed by atoms with van der Waals surface area (Å²) in [6.45, 7) is 0.553. The van der Waals surface area contributed by atoms with E-state index in [0.29, 0.717) is 17.8 Å². The van der Waals surface area contributed by atoms with Crippen LogP contribution in [-0.4, -0.2) is 34.1 Å². The molecule has 106 valence electrons. The van der Waals surface area contributed by atoms with Gasteiger partial charge in [0, 0.05) is 10.8 Å². The molecule has 0 unspecified atom stereocenters. The van der Waals surface area contributed by atoms with Gasteiger partial charge in [0.2, 0.25) is 0 Å². The Labute approximate surface area is 122 Å². The molecular formula is C15H15BN2O3. The van der Waals surface area contributed by atoms with Gasteiger partial charge in [-0.25, -0.2) is 0 Å². The fraction of sp³-hybridized carbons (Fsp3) is 0.133. The Hall–Kier alpha value is -2.31. The van der Waals surface area contributed by atoms with Gasteiger partial charge in [-0.15, -0.1) is 0 Å². The molecule has 1 heterocycles. The second kappa shape index (κ2) is 5.59. The quantitative estimate of drug-likeness (QED) is 0.694. The first-order chi connectivity index (χ1) is 10.2. The summed E-state index contributed by atoms with van der Waals surface area (Å²) < 4.78 is 7.00. The van der Waals surface area contributed by atoms with Crippen molar-refractivity contribution >= 4 is 23.5 Å². The van der Waals surface area contributed by atoms with Crippen LogP contribution < -0.4 is 10.2 Å². The van der Waals surface area contributed by atoms with Crippen LogP contribution in [0, 0.1) is 0 Å². The van der Waals surface area contributed by atoms with Crippen LogP contribution in [0.4, 0.5) is 0 Å². The van der Waals surface area contributed by atoms with Gasteiger partial charge < -0.3 is 14.8 Å². The molecule has 1 aromatic heterocycles. The number of rotatable bonds is 4. The largest absolute Gasteiger partial charge is 0.497 e. The Bertz CT molecular complexity index is 770. The summed E-state index contributed by atoms with van der Waals surface area (Å²) in [5.74, 6) is 0.457. The highest BCUT2D eigenvalue weighted by atomic mass is 16.5. The molecule has 0 spiro atoms. The van der Waals surface area contributed by atoms with Crippen molar-refractivity contribution in [3.8, 4) is 5.75 Å². The van der Waals surface area contributed by atoms with Gasteiger partial charge in [0.1, 0.15) is 5.75 Å². The molecule has 2 aromatic carbocycles. The molecular weight excluding hydrogens is 267 g/mol. The summed E-state index contributed by atoms with van der Waals surface area (Å²) in [4.78, 5) is 0. The molecule has 6 heteroatoms. The minimum atomic E-state index is -1.56. The van der Waals surface area contributed by atoms with Crippen molar-refractivity contribution in [2.24, 2.45) is 0 Å². The molecule has 0 aliphatic rings. The third-order valence-electron chi connectivity index (χ3n) is 3.46. The van der Waals surface area contributed by atoms with Crippen LogP contribution in [0.3, 0.4) is 0 Å². The monoisotopic (exact) mass is 282 g/mol. The zero-order valence-corrected chi connectivity index (χ0v) is 11.6. The van der Waals surface area contributed by atoms with Gasteiger partial charge in [-0.05, 0) is 17.7 Å². The minimum absolute atomic E-state index is 0.353. The molecule has 0 radical (unpaired) electrons. The van der Waals surface area contributed by atoms with Gasteiger partial charge in [0.25, 0.3) is 0 Å². The summed E-state index contributed by atoms with van der Waals surface area (Å²) in [5, 5.41) is 24.3. The van der Waals surface area contributed by atoms with Crippen molar-refractivity contribution in [3.63, 3.8) is 0 Å². The fourth-order valence-corrected chi connectivity index (χ4v) is 2.41. The molecule has 0 saturated carbocycles. The molecule has 0 amide bonds. The molecule has 0 atom stereocenters. The minimum Gasteiger partial charge on any atom is -0.497 e. The van der Waals surface area contributed by atoms with Crippen molar-refractivity contribution in [2.75, 3.05) is 7.11 Å². The van der Waals surface area contributed by atoms with Crippen molar-refractivity contribution in [1.29, 1.82) is 0 Å². The van der Waals surface area contributed by atoms with E-state index in [9.17, 15) is 10.0 Å². The highest BCUT2D eigenvalue weighted by Crippen LogP contribution is 2.16. The van der Waals surface area contributed by atoms with Gasteiger partial charge in [0.15, 0.2) is 0 Å². The predicted molar refractivity (Wildman–Crippen MR) is 81.7 cm³/mol. The Balaban J connectivity index is 1.96. The molecule has 3 rings (SSSR count). The van der Waals surface area contributed by atoms with Crippen molar-refractivity contribution < 1.29 is 14.8 Å². The molecule has 21 heavy (non-hydrogen) atoms. The highest BCUT2D eigenvalue weighted by molar-refractivity contribution is 6.59. The van der Waals surface area contributed by atoms with E-state index in [1.807, 2.05) is 41.2 Å². The summed E-state index contributed by atoms with van der Waals surface area (Å²) in [6, 6.07) is 13.3. The van der Waals surface area contributed by atoms with Crippen LogP contribution in [0.15, 0.2) is 48.7 Å². The Morgan fingerprint density at radius 2 is 2.00 bits per heavy atom. The van der Waals surface area contributed by atoms with Crippen molar-refractivity contribution in [3.05, 3.63) is 54.2 Å². The highest BCUT2D eigenvalue weighted by Gasteiger charge is 2.17. The molecule has 0 bridgehead atoms. The van der Waals surface area contributed by atoms with Gasteiger partial charge in [-0.1, -0.05) is 30.3 Å². The molecule has 3 aromatic rings. The van der Waals surface area contributed by atoms with Crippen LogP contribution in [-0.2, 0) is 6.54 Å². The standard InChI is InChI=1S/C15H15BN2O3/c1-21-15-7-6-11(8-13(15)16(19)20)10-18-14-5-3-2-4-12(14)9-17-18/h2-9,19-20H,10H2,1H3. The zero-order chi connectivity index (χ0) is 14.8. The van der Waals surface area contributed by atoms with Crippen molar-refractivity contribution in [1.82, 2.24) is 9.78 Å². The van der Waals surface area contributed by atoms with Crippen LogP contribution in [0.1, 0.15) is 5.56 Å². The number of methoxy groups -OCH3 is 1. The third kappa shape index (κ3) is 2.63. The second-order valence-electron chi connectivity index (χ2n) is 4.81. The van der Waals surface area contributed by atoms with Crippen molar-refractivity contribution in [2.45, 2.75) is 6.54 Å². The third-order valence-corrected chi connectivity index (χ3v) is 3.46. The number of hydrogen-bond acceptors (Lipinski definition) is 4. The Morgan fingerprint density at radius 3 is 2.76 bits per heavy atom. The smallest absolute Gasteiger partial charge is 0.492 e. The number of nitrogens with zero attached hydrogens (tertiary/aromatic N) is 2. The predicted octanol–water partition coefficient (Wildman–Crippen LogP) is 0.773. The second-order valence-corrected chi connectivity index (χ2v) is 4.81. The van der Waals surface area contributed by atoms with Gasteiger partial charge in [0.05, 0.1) is 25.4 Å². The first kappa shape index (κ1) is 13.7. The topological polar surface area (TPSA) is 67.5 Å². The summed E-state index contributed by atoms with van der Waals surface area (Å²) >= 11 is 0. The summed E-state index contributed by atoms with van der Waals surface area (Å²) in [6.07, 6.45) is 1.82. The average Bonchev–Trinajstić information content (AvgIpc) is 2.90. The number of benzene rings is 2. The lowest BCUT2D eigenvalue weighted by atomic mass is 9.78. The van der Waals surface area contributed by atoms with Crippen LogP contribution >= 0.6 is 0 Å². The fourth-order valence-electron chi connectivity index (χ4n) is 2.41. The number of fused-ring (bicyclic) bond motifs is 1. The van der Waals surface area contributed by atoms with Gasteiger partial charge in [-0.2, -0.15) is 5.10 Å². The maximum Gasteiger partial charge on any atom is 0.492 e. The Morgan fingerprint density at radius 1 is 1.19 bits per heavy atom. The van der Waals surface area contributed by atoms with E-state index >= 15 is 0 Å². The summed E-state index contributed by atoms with van der Waals surface area (Å²) in [5.41, 5.74) is 2.32. The lowest BCUT2D eigenvalue weighted by molar-refractivity contribution is 0.403. The summed E-state index contributed by atoms with van der Waals surface area (Å²) in [7, 11) is -0.0590. The molecule has 0 saturated heterocycles. The zero-order valence-electron chi connectivity index (χ0n) is 11.6. The van der Waals surface area contributed by atoms with E-state index in [0.717, 1.165) is 16.5 Å². The SMILES string of the molecule is COc1ccc(Cn2ncc3ccccc32)cc1B(O)O. The molecule has 0 aliphatic heterocycles. The van der Waals surface area contributed by atoms with E-state index in [4.69, 9.17) is 4.74 Å². The first-order valence-electron chi connectivity index (χ1n) is 6.62. The number of ether oxygens (including phenoxy) is 1. The Kier molecular flexibility index (Phi) is 3.64. The van der Waals surface area contributed by atoms with E-state index in [-0.39, 0.29) is 0 Å². The number of aromatic nitrogens is 2. The first-order valence-corrected chi connectivity index (χ1v) is 6.62. The van der Waals surface area contributed by atoms with E-state index in [1.165, 1.54) is 7.11 Å². The molecule has 2 N–H and O–H groups in total. The van der Waals surface area contributed by atoms with E-state index in [2.05, 4.69) is 5.10 Å². The van der Waals surface area contributed by atoms with E-state index < -0.39 is 7.12 Å². The normalized spacial score (nSPS) is 10.8. The van der Waals surface area contributed by atoms with E-state index in [1.54, 1.807) is 12.1 Å². The van der Waals surface area contributed by atoms with Gasteiger partial charge >= 0.3 is 7.12 Å². The van der Waals surface area contributed by atoms with Crippen LogP contribution in [0.5, 0.6) is 5.75 Å².